The number of amides is 1. The highest BCUT2D eigenvalue weighted by atomic mass is 32.2. The fourth-order valence-electron chi connectivity index (χ4n) is 4.64. The summed E-state index contributed by atoms with van der Waals surface area (Å²) in [5, 5.41) is 0.276. The van der Waals surface area contributed by atoms with Gasteiger partial charge in [-0.25, -0.2) is 13.2 Å². The lowest BCUT2D eigenvalue weighted by Gasteiger charge is -2.24. The van der Waals surface area contributed by atoms with Gasteiger partial charge in [-0.2, -0.15) is 4.31 Å². The third kappa shape index (κ3) is 5.08. The number of sulfonamides is 1. The zero-order valence-corrected chi connectivity index (χ0v) is 23.9. The second kappa shape index (κ2) is 11.8. The summed E-state index contributed by atoms with van der Waals surface area (Å²) in [6.45, 7) is 1.79. The van der Waals surface area contributed by atoms with Crippen LogP contribution in [-0.4, -0.2) is 41.1 Å². The molecule has 0 bridgehead atoms. The van der Waals surface area contributed by atoms with Crippen molar-refractivity contribution >= 4 is 38.6 Å². The summed E-state index contributed by atoms with van der Waals surface area (Å²) in [6.07, 6.45) is 0. The maximum atomic E-state index is 14.3. The maximum absolute atomic E-state index is 14.3. The molecule has 0 saturated carbocycles. The number of ether oxygens (including phenoxy) is 3. The SMILES string of the molecule is CCOC(=O)c1c(-c2ccccc2)oc2ccc(N(C(=O)c3c(OC)cccc3OC)S(=O)(=O)c3ccccc3)cc12. The molecule has 0 radical (unpaired) electrons. The van der Waals surface area contributed by atoms with E-state index in [0.717, 1.165) is 0 Å². The van der Waals surface area contributed by atoms with Crippen molar-refractivity contribution < 1.29 is 36.6 Å². The van der Waals surface area contributed by atoms with Crippen molar-refractivity contribution in [2.45, 2.75) is 11.8 Å². The van der Waals surface area contributed by atoms with E-state index in [1.807, 2.05) is 6.07 Å². The first-order chi connectivity index (χ1) is 20.3. The van der Waals surface area contributed by atoms with Gasteiger partial charge in [-0.05, 0) is 49.4 Å². The summed E-state index contributed by atoms with van der Waals surface area (Å²) < 4.78 is 51.2. The van der Waals surface area contributed by atoms with E-state index in [0.29, 0.717) is 15.5 Å². The Bertz CT molecular complexity index is 1840. The third-order valence-corrected chi connectivity index (χ3v) is 8.25. The van der Waals surface area contributed by atoms with E-state index in [-0.39, 0.29) is 51.0 Å². The molecular formula is C32H27NO8S. The molecule has 0 aliphatic carbocycles. The Morgan fingerprint density at radius 1 is 0.786 bits per heavy atom. The Hall–Kier alpha value is -5.09. The quantitative estimate of drug-likeness (QED) is 0.185. The number of furan rings is 1. The van der Waals surface area contributed by atoms with Crippen LogP contribution in [0.4, 0.5) is 5.69 Å². The monoisotopic (exact) mass is 585 g/mol. The largest absolute Gasteiger partial charge is 0.496 e. The summed E-state index contributed by atoms with van der Waals surface area (Å²) in [6, 6.07) is 25.6. The fourth-order valence-corrected chi connectivity index (χ4v) is 6.05. The number of benzene rings is 4. The van der Waals surface area contributed by atoms with Gasteiger partial charge in [0.2, 0.25) is 0 Å². The highest BCUT2D eigenvalue weighted by Gasteiger charge is 2.36. The minimum atomic E-state index is -4.48. The number of rotatable bonds is 9. The van der Waals surface area contributed by atoms with Crippen molar-refractivity contribution in [3.8, 4) is 22.8 Å². The van der Waals surface area contributed by atoms with Gasteiger partial charge < -0.3 is 18.6 Å². The molecule has 0 aliphatic rings. The smallest absolute Gasteiger partial charge is 0.342 e. The number of carbonyl (C=O) groups is 2. The molecule has 1 aromatic heterocycles. The number of carbonyl (C=O) groups excluding carboxylic acids is 2. The van der Waals surface area contributed by atoms with Crippen LogP contribution in [0.5, 0.6) is 11.5 Å². The van der Waals surface area contributed by atoms with Crippen LogP contribution in [0.25, 0.3) is 22.3 Å². The molecule has 1 heterocycles. The van der Waals surface area contributed by atoms with Crippen molar-refractivity contribution in [2.24, 2.45) is 0 Å². The third-order valence-electron chi connectivity index (χ3n) is 6.53. The zero-order valence-electron chi connectivity index (χ0n) is 23.1. The van der Waals surface area contributed by atoms with E-state index in [1.165, 1.54) is 56.7 Å². The average molecular weight is 586 g/mol. The summed E-state index contributed by atoms with van der Waals surface area (Å²) in [5.74, 6) is -1.07. The van der Waals surface area contributed by atoms with Crippen LogP contribution in [0.3, 0.4) is 0 Å². The van der Waals surface area contributed by atoms with Gasteiger partial charge in [0, 0.05) is 10.9 Å². The summed E-state index contributed by atoms with van der Waals surface area (Å²) in [4.78, 5) is 27.4. The molecule has 0 fully saturated rings. The van der Waals surface area contributed by atoms with Gasteiger partial charge in [-0.15, -0.1) is 0 Å². The minimum absolute atomic E-state index is 0.0322. The number of methoxy groups -OCH3 is 2. The van der Waals surface area contributed by atoms with E-state index < -0.39 is 21.9 Å². The lowest BCUT2D eigenvalue weighted by atomic mass is 10.0. The van der Waals surface area contributed by atoms with Crippen LogP contribution in [0, 0.1) is 0 Å². The Morgan fingerprint density at radius 3 is 2.00 bits per heavy atom. The molecule has 1 amide bonds. The molecule has 214 valence electrons. The normalized spacial score (nSPS) is 11.2. The van der Waals surface area contributed by atoms with Crippen LogP contribution >= 0.6 is 0 Å². The summed E-state index contributed by atoms with van der Waals surface area (Å²) in [7, 11) is -1.74. The number of esters is 1. The average Bonchev–Trinajstić information content (AvgIpc) is 3.40. The molecule has 5 aromatic rings. The molecule has 0 unspecified atom stereocenters. The van der Waals surface area contributed by atoms with E-state index in [1.54, 1.807) is 55.5 Å². The Morgan fingerprint density at radius 2 is 1.40 bits per heavy atom. The number of anilines is 1. The predicted octanol–water partition coefficient (Wildman–Crippen LogP) is 6.33. The van der Waals surface area contributed by atoms with Crippen LogP contribution in [-0.2, 0) is 14.8 Å². The Balaban J connectivity index is 1.79. The Kier molecular flexibility index (Phi) is 7.99. The van der Waals surface area contributed by atoms with Gasteiger partial charge in [0.25, 0.3) is 15.9 Å². The van der Waals surface area contributed by atoms with Crippen molar-refractivity contribution in [1.29, 1.82) is 0 Å². The molecule has 0 atom stereocenters. The molecular weight excluding hydrogens is 558 g/mol. The van der Waals surface area contributed by atoms with E-state index in [4.69, 9.17) is 18.6 Å². The summed E-state index contributed by atoms with van der Waals surface area (Å²) >= 11 is 0. The van der Waals surface area contributed by atoms with Gasteiger partial charge in [0.05, 0.1) is 31.4 Å². The van der Waals surface area contributed by atoms with Crippen LogP contribution < -0.4 is 13.8 Å². The van der Waals surface area contributed by atoms with Crippen LogP contribution in [0.15, 0.2) is 106 Å². The minimum Gasteiger partial charge on any atom is -0.496 e. The lowest BCUT2D eigenvalue weighted by Crippen LogP contribution is -2.37. The first-order valence-corrected chi connectivity index (χ1v) is 14.4. The van der Waals surface area contributed by atoms with Crippen LogP contribution in [0.1, 0.15) is 27.6 Å². The molecule has 0 N–H and O–H groups in total. The van der Waals surface area contributed by atoms with Gasteiger partial charge in [-0.1, -0.05) is 54.6 Å². The topological polar surface area (TPSA) is 112 Å². The van der Waals surface area contributed by atoms with Crippen molar-refractivity contribution in [3.05, 3.63) is 108 Å². The second-order valence-electron chi connectivity index (χ2n) is 9.00. The van der Waals surface area contributed by atoms with Crippen molar-refractivity contribution in [3.63, 3.8) is 0 Å². The molecule has 0 spiro atoms. The number of hydrogen-bond acceptors (Lipinski definition) is 8. The van der Waals surface area contributed by atoms with Gasteiger partial charge in [0.15, 0.2) is 0 Å². The molecule has 0 aliphatic heterocycles. The first kappa shape index (κ1) is 28.4. The Labute approximate surface area is 242 Å². The van der Waals surface area contributed by atoms with E-state index >= 15 is 0 Å². The summed E-state index contributed by atoms with van der Waals surface area (Å²) in [5.41, 5.74) is 0.918. The van der Waals surface area contributed by atoms with Crippen molar-refractivity contribution in [2.75, 3.05) is 25.1 Å². The fraction of sp³-hybridized carbons (Fsp3) is 0.125. The number of nitrogens with zero attached hydrogens (tertiary/aromatic N) is 1. The first-order valence-electron chi connectivity index (χ1n) is 13.0. The van der Waals surface area contributed by atoms with Gasteiger partial charge in [-0.3, -0.25) is 4.79 Å². The highest BCUT2D eigenvalue weighted by molar-refractivity contribution is 7.93. The molecule has 42 heavy (non-hydrogen) atoms. The van der Waals surface area contributed by atoms with E-state index in [2.05, 4.69) is 0 Å². The lowest BCUT2D eigenvalue weighted by molar-refractivity contribution is 0.0528. The molecule has 10 heteroatoms. The van der Waals surface area contributed by atoms with E-state index in [9.17, 15) is 18.0 Å². The number of fused-ring (bicyclic) bond motifs is 1. The molecule has 0 saturated heterocycles. The molecule has 5 rings (SSSR count). The second-order valence-corrected chi connectivity index (χ2v) is 10.8. The zero-order chi connectivity index (χ0) is 29.9. The van der Waals surface area contributed by atoms with Crippen LogP contribution in [0.2, 0.25) is 0 Å². The standard InChI is InChI=1S/C32H27NO8S/c1-4-40-32(35)28-24-20-22(18-19-25(24)41-30(28)21-12-7-5-8-13-21)33(42(36,37)23-14-9-6-10-15-23)31(34)29-26(38-2)16-11-17-27(29)39-3/h5-20H,4H2,1-3H3. The molecule has 9 nitrogen and oxygen atoms in total. The van der Waals surface area contributed by atoms with Gasteiger partial charge >= 0.3 is 5.97 Å². The number of hydrogen-bond donors (Lipinski definition) is 0. The van der Waals surface area contributed by atoms with Gasteiger partial charge in [0.1, 0.15) is 34.0 Å². The maximum Gasteiger partial charge on any atom is 0.342 e. The highest BCUT2D eigenvalue weighted by Crippen LogP contribution is 2.39. The predicted molar refractivity (Wildman–Crippen MR) is 158 cm³/mol. The van der Waals surface area contributed by atoms with Crippen molar-refractivity contribution in [1.82, 2.24) is 0 Å². The molecule has 4 aromatic carbocycles.